The van der Waals surface area contributed by atoms with Crippen LogP contribution in [0.4, 0.5) is 0 Å². The number of nitrogens with zero attached hydrogens (tertiary/aromatic N) is 3. The highest BCUT2D eigenvalue weighted by Gasteiger charge is 2.37. The number of rotatable bonds is 4. The van der Waals surface area contributed by atoms with Gasteiger partial charge in [0.25, 0.3) is 11.8 Å². The van der Waals surface area contributed by atoms with E-state index in [1.807, 2.05) is 0 Å². The average molecular weight is 350 g/mol. The highest BCUT2D eigenvalue weighted by molar-refractivity contribution is 6.37. The predicted molar refractivity (Wildman–Crippen MR) is 85.7 cm³/mol. The summed E-state index contributed by atoms with van der Waals surface area (Å²) in [6.07, 6.45) is 0.828. The van der Waals surface area contributed by atoms with E-state index in [0.717, 1.165) is 11.3 Å². The number of carbonyl (C=O) groups is 4. The van der Waals surface area contributed by atoms with Gasteiger partial charge in [0, 0.05) is 39.1 Å². The Labute approximate surface area is 143 Å². The fourth-order valence-corrected chi connectivity index (χ4v) is 3.19. The summed E-state index contributed by atoms with van der Waals surface area (Å²) in [5.74, 6) is -1.02. The Kier molecular flexibility index (Phi) is 4.53. The molecule has 1 aromatic carbocycles. The molecule has 3 rings (SSSR count). The van der Waals surface area contributed by atoms with Gasteiger partial charge in [0.1, 0.15) is 0 Å². The van der Waals surface area contributed by atoms with Crippen molar-refractivity contribution >= 4 is 35.7 Å². The summed E-state index contributed by atoms with van der Waals surface area (Å²) in [6, 6.07) is 4.74. The number of amides is 4. The number of carbonyl (C=O) groups excluding carboxylic acids is 4. The molecule has 0 atom stereocenters. The quantitative estimate of drug-likeness (QED) is 0.590. The first kappa shape index (κ1) is 16.4. The van der Waals surface area contributed by atoms with Crippen LogP contribution in [0.15, 0.2) is 18.2 Å². The van der Waals surface area contributed by atoms with Crippen LogP contribution < -0.4 is 0 Å². The lowest BCUT2D eigenvalue weighted by atomic mass is 10.1. The van der Waals surface area contributed by atoms with E-state index in [1.165, 1.54) is 0 Å². The van der Waals surface area contributed by atoms with Crippen molar-refractivity contribution in [3.05, 3.63) is 34.3 Å². The molecule has 4 amide bonds. The first-order valence-corrected chi connectivity index (χ1v) is 8.02. The molecule has 0 saturated carbocycles. The molecule has 0 aliphatic carbocycles. The molecule has 1 aromatic rings. The Morgan fingerprint density at radius 3 is 2.46 bits per heavy atom. The normalized spacial score (nSPS) is 17.3. The zero-order valence-corrected chi connectivity index (χ0v) is 13.7. The van der Waals surface area contributed by atoms with Gasteiger partial charge in [-0.2, -0.15) is 0 Å². The lowest BCUT2D eigenvalue weighted by Gasteiger charge is -2.32. The molecular weight excluding hydrogens is 334 g/mol. The summed E-state index contributed by atoms with van der Waals surface area (Å²) in [4.78, 5) is 51.9. The first-order chi connectivity index (χ1) is 11.5. The van der Waals surface area contributed by atoms with Crippen LogP contribution in [0, 0.1) is 0 Å². The first-order valence-electron chi connectivity index (χ1n) is 7.64. The van der Waals surface area contributed by atoms with Crippen molar-refractivity contribution in [3.8, 4) is 0 Å². The van der Waals surface area contributed by atoms with Crippen molar-refractivity contribution in [1.82, 2.24) is 14.7 Å². The van der Waals surface area contributed by atoms with E-state index in [2.05, 4.69) is 0 Å². The molecule has 0 bridgehead atoms. The van der Waals surface area contributed by atoms with Gasteiger partial charge in [0.2, 0.25) is 12.3 Å². The Bertz CT molecular complexity index is 713. The van der Waals surface area contributed by atoms with E-state index in [9.17, 15) is 19.2 Å². The van der Waals surface area contributed by atoms with Crippen molar-refractivity contribution < 1.29 is 19.2 Å². The van der Waals surface area contributed by atoms with Crippen molar-refractivity contribution in [3.63, 3.8) is 0 Å². The second-order valence-corrected chi connectivity index (χ2v) is 6.10. The molecule has 2 aliphatic heterocycles. The molecule has 0 radical (unpaired) electrons. The van der Waals surface area contributed by atoms with E-state index >= 15 is 0 Å². The van der Waals surface area contributed by atoms with Crippen LogP contribution in [-0.4, -0.2) is 71.6 Å². The van der Waals surface area contributed by atoms with Gasteiger partial charge < -0.3 is 9.80 Å². The third-order valence-electron chi connectivity index (χ3n) is 4.31. The third kappa shape index (κ3) is 2.87. The largest absolute Gasteiger partial charge is 0.342 e. The Balaban J connectivity index is 1.61. The van der Waals surface area contributed by atoms with Crippen molar-refractivity contribution in [1.29, 1.82) is 0 Å². The number of hydrogen-bond acceptors (Lipinski definition) is 4. The van der Waals surface area contributed by atoms with Gasteiger partial charge in [-0.3, -0.25) is 24.1 Å². The van der Waals surface area contributed by atoms with Gasteiger partial charge >= 0.3 is 0 Å². The number of imide groups is 1. The van der Waals surface area contributed by atoms with E-state index in [4.69, 9.17) is 11.6 Å². The molecular formula is C16H16ClN3O4. The summed E-state index contributed by atoms with van der Waals surface area (Å²) in [6.45, 7) is 1.95. The molecule has 1 fully saturated rings. The maximum atomic E-state index is 12.3. The minimum atomic E-state index is -0.459. The molecule has 0 N–H and O–H groups in total. The summed E-state index contributed by atoms with van der Waals surface area (Å²) in [5, 5.41) is 0.240. The number of fused-ring (bicyclic) bond motifs is 1. The molecule has 24 heavy (non-hydrogen) atoms. The molecule has 0 unspecified atom stereocenters. The zero-order valence-electron chi connectivity index (χ0n) is 12.9. The second-order valence-electron chi connectivity index (χ2n) is 5.70. The van der Waals surface area contributed by atoms with E-state index in [1.54, 1.807) is 28.0 Å². The minimum absolute atomic E-state index is 0.0232. The van der Waals surface area contributed by atoms with E-state index in [-0.39, 0.29) is 35.0 Å². The molecule has 0 spiro atoms. The SMILES string of the molecule is O=CN1CCN(C(=O)CCN2C(=O)c3cccc(Cl)c3C2=O)CC1. The Morgan fingerprint density at radius 1 is 1.12 bits per heavy atom. The molecule has 8 heteroatoms. The Hall–Kier alpha value is -2.41. The molecule has 2 aliphatic rings. The number of piperazine rings is 1. The third-order valence-corrected chi connectivity index (χ3v) is 4.63. The zero-order chi connectivity index (χ0) is 17.3. The van der Waals surface area contributed by atoms with Gasteiger partial charge in [-0.1, -0.05) is 17.7 Å². The monoisotopic (exact) mass is 349 g/mol. The van der Waals surface area contributed by atoms with Gasteiger partial charge in [0.05, 0.1) is 16.1 Å². The highest BCUT2D eigenvalue weighted by Crippen LogP contribution is 2.29. The van der Waals surface area contributed by atoms with Gasteiger partial charge in [-0.15, -0.1) is 0 Å². The van der Waals surface area contributed by atoms with Crippen molar-refractivity contribution in [2.45, 2.75) is 6.42 Å². The van der Waals surface area contributed by atoms with Crippen LogP contribution in [-0.2, 0) is 9.59 Å². The molecule has 7 nitrogen and oxygen atoms in total. The molecule has 126 valence electrons. The van der Waals surface area contributed by atoms with Crippen LogP contribution in [0.1, 0.15) is 27.1 Å². The van der Waals surface area contributed by atoms with E-state index < -0.39 is 11.8 Å². The van der Waals surface area contributed by atoms with Gasteiger partial charge in [0.15, 0.2) is 0 Å². The fraction of sp³-hybridized carbons (Fsp3) is 0.375. The number of benzene rings is 1. The number of hydrogen-bond donors (Lipinski definition) is 0. The van der Waals surface area contributed by atoms with Gasteiger partial charge in [-0.25, -0.2) is 0 Å². The predicted octanol–water partition coefficient (Wildman–Crippen LogP) is 0.627. The highest BCUT2D eigenvalue weighted by atomic mass is 35.5. The molecule has 1 saturated heterocycles. The summed E-state index contributed by atoms with van der Waals surface area (Å²) in [7, 11) is 0. The smallest absolute Gasteiger partial charge is 0.263 e. The summed E-state index contributed by atoms with van der Waals surface area (Å²) < 4.78 is 0. The van der Waals surface area contributed by atoms with Crippen molar-refractivity contribution in [2.75, 3.05) is 32.7 Å². The van der Waals surface area contributed by atoms with Crippen LogP contribution in [0.5, 0.6) is 0 Å². The van der Waals surface area contributed by atoms with Crippen LogP contribution in [0.25, 0.3) is 0 Å². The maximum absolute atomic E-state index is 12.3. The topological polar surface area (TPSA) is 78.0 Å². The van der Waals surface area contributed by atoms with E-state index in [0.29, 0.717) is 26.2 Å². The lowest BCUT2D eigenvalue weighted by Crippen LogP contribution is -2.48. The van der Waals surface area contributed by atoms with Crippen molar-refractivity contribution in [2.24, 2.45) is 0 Å². The van der Waals surface area contributed by atoms with Crippen LogP contribution in [0.3, 0.4) is 0 Å². The van der Waals surface area contributed by atoms with Gasteiger partial charge in [-0.05, 0) is 12.1 Å². The summed E-state index contributed by atoms with van der Waals surface area (Å²) >= 11 is 6.00. The maximum Gasteiger partial charge on any atom is 0.263 e. The number of halogens is 1. The summed E-state index contributed by atoms with van der Waals surface area (Å²) in [5.41, 5.74) is 0.482. The lowest BCUT2D eigenvalue weighted by molar-refractivity contribution is -0.135. The Morgan fingerprint density at radius 2 is 1.83 bits per heavy atom. The van der Waals surface area contributed by atoms with Crippen LogP contribution in [0.2, 0.25) is 5.02 Å². The minimum Gasteiger partial charge on any atom is -0.342 e. The average Bonchev–Trinajstić information content (AvgIpc) is 2.85. The molecule has 0 aromatic heterocycles. The molecule has 2 heterocycles. The fourth-order valence-electron chi connectivity index (χ4n) is 2.94. The second kappa shape index (κ2) is 6.60. The standard InChI is InChI=1S/C16H16ClN3O4/c17-12-3-1-2-11-14(12)16(24)20(15(11)23)5-4-13(22)19-8-6-18(10-21)7-9-19/h1-3,10H,4-9H2. The van der Waals surface area contributed by atoms with Crippen LogP contribution >= 0.6 is 11.6 Å².